The van der Waals surface area contributed by atoms with Crippen LogP contribution in [0, 0.1) is 5.41 Å². The SMILES string of the molecule is NC(=S)C1(C(=O)NC2CCCNC2=O)CCCC1. The molecule has 0 spiro atoms. The third-order valence-corrected chi connectivity index (χ3v) is 4.34. The first-order chi connectivity index (χ1) is 8.56. The Bertz CT molecular complexity index is 378. The number of nitrogens with two attached hydrogens (primary N) is 1. The first kappa shape index (κ1) is 13.3. The summed E-state index contributed by atoms with van der Waals surface area (Å²) in [6.45, 7) is 0.686. The minimum Gasteiger partial charge on any atom is -0.392 e. The van der Waals surface area contributed by atoms with Gasteiger partial charge in [-0.3, -0.25) is 9.59 Å². The van der Waals surface area contributed by atoms with Crippen LogP contribution in [-0.4, -0.2) is 29.4 Å². The molecule has 1 saturated carbocycles. The number of hydrogen-bond donors (Lipinski definition) is 3. The summed E-state index contributed by atoms with van der Waals surface area (Å²) in [5.41, 5.74) is 5.01. The second-order valence-electron chi connectivity index (χ2n) is 5.11. The second kappa shape index (κ2) is 5.22. The molecule has 4 N–H and O–H groups in total. The number of carbonyl (C=O) groups is 2. The highest BCUT2D eigenvalue weighted by atomic mass is 32.1. The average molecular weight is 269 g/mol. The van der Waals surface area contributed by atoms with Crippen LogP contribution in [0.25, 0.3) is 0 Å². The molecule has 0 aromatic rings. The fourth-order valence-corrected chi connectivity index (χ4v) is 3.07. The molecule has 100 valence electrons. The minimum atomic E-state index is -0.729. The summed E-state index contributed by atoms with van der Waals surface area (Å²) in [6, 6.07) is -0.432. The van der Waals surface area contributed by atoms with Crippen LogP contribution in [0.1, 0.15) is 38.5 Å². The predicted octanol–water partition coefficient (Wildman–Crippen LogP) is 0.228. The van der Waals surface area contributed by atoms with E-state index in [1.807, 2.05) is 0 Å². The van der Waals surface area contributed by atoms with Crippen molar-refractivity contribution in [2.24, 2.45) is 11.1 Å². The van der Waals surface area contributed by atoms with E-state index in [9.17, 15) is 9.59 Å². The summed E-state index contributed by atoms with van der Waals surface area (Å²) in [5.74, 6) is -0.278. The lowest BCUT2D eigenvalue weighted by Gasteiger charge is -2.30. The number of hydrogen-bond acceptors (Lipinski definition) is 3. The summed E-state index contributed by atoms with van der Waals surface area (Å²) in [4.78, 5) is 24.3. The molecule has 18 heavy (non-hydrogen) atoms. The van der Waals surface area contributed by atoms with Crippen LogP contribution in [-0.2, 0) is 9.59 Å². The molecule has 0 aromatic carbocycles. The molecular weight excluding hydrogens is 250 g/mol. The van der Waals surface area contributed by atoms with E-state index < -0.39 is 11.5 Å². The van der Waals surface area contributed by atoms with Gasteiger partial charge in [0, 0.05) is 6.54 Å². The van der Waals surface area contributed by atoms with Gasteiger partial charge in [-0.05, 0) is 25.7 Å². The van der Waals surface area contributed by atoms with Crippen LogP contribution in [0.4, 0.5) is 0 Å². The molecule has 2 rings (SSSR count). The highest BCUT2D eigenvalue weighted by Crippen LogP contribution is 2.38. The van der Waals surface area contributed by atoms with Crippen LogP contribution in [0.3, 0.4) is 0 Å². The third-order valence-electron chi connectivity index (χ3n) is 3.95. The third kappa shape index (κ3) is 2.34. The van der Waals surface area contributed by atoms with Crippen LogP contribution < -0.4 is 16.4 Å². The van der Waals surface area contributed by atoms with Crippen molar-refractivity contribution < 1.29 is 9.59 Å². The Morgan fingerprint density at radius 2 is 2.06 bits per heavy atom. The predicted molar refractivity (Wildman–Crippen MR) is 71.9 cm³/mol. The largest absolute Gasteiger partial charge is 0.392 e. The molecule has 1 atom stereocenters. The Kier molecular flexibility index (Phi) is 3.85. The maximum absolute atomic E-state index is 12.4. The molecule has 6 heteroatoms. The van der Waals surface area contributed by atoms with E-state index in [1.54, 1.807) is 0 Å². The van der Waals surface area contributed by atoms with Gasteiger partial charge in [-0.2, -0.15) is 0 Å². The van der Waals surface area contributed by atoms with Gasteiger partial charge in [-0.15, -0.1) is 0 Å². The first-order valence-electron chi connectivity index (χ1n) is 6.45. The molecule has 5 nitrogen and oxygen atoms in total. The van der Waals surface area contributed by atoms with Crippen molar-refractivity contribution in [3.8, 4) is 0 Å². The van der Waals surface area contributed by atoms with Crippen molar-refractivity contribution in [3.05, 3.63) is 0 Å². The van der Waals surface area contributed by atoms with Crippen LogP contribution in [0.2, 0.25) is 0 Å². The van der Waals surface area contributed by atoms with Crippen LogP contribution in [0.15, 0.2) is 0 Å². The fraction of sp³-hybridized carbons (Fsp3) is 0.750. The molecule has 0 radical (unpaired) electrons. The van der Waals surface area contributed by atoms with Crippen LogP contribution >= 0.6 is 12.2 Å². The van der Waals surface area contributed by atoms with Gasteiger partial charge >= 0.3 is 0 Å². The number of rotatable bonds is 3. The molecule has 0 bridgehead atoms. The quantitative estimate of drug-likeness (QED) is 0.640. The van der Waals surface area contributed by atoms with Gasteiger partial charge in [0.15, 0.2) is 0 Å². The number of nitrogens with one attached hydrogen (secondary N) is 2. The van der Waals surface area contributed by atoms with E-state index in [2.05, 4.69) is 10.6 Å². The van der Waals surface area contributed by atoms with Crippen molar-refractivity contribution >= 4 is 29.0 Å². The summed E-state index contributed by atoms with van der Waals surface area (Å²) >= 11 is 5.06. The normalized spacial score (nSPS) is 26.4. The number of thiocarbonyl (C=S) groups is 1. The van der Waals surface area contributed by atoms with Crippen molar-refractivity contribution in [1.29, 1.82) is 0 Å². The second-order valence-corrected chi connectivity index (χ2v) is 5.55. The Morgan fingerprint density at radius 3 is 2.61 bits per heavy atom. The van der Waals surface area contributed by atoms with Crippen LogP contribution in [0.5, 0.6) is 0 Å². The lowest BCUT2D eigenvalue weighted by molar-refractivity contribution is -0.133. The molecule has 2 fully saturated rings. The molecule has 0 aromatic heterocycles. The molecular formula is C12H19N3O2S. The van der Waals surface area contributed by atoms with E-state index in [1.165, 1.54) is 0 Å². The number of amides is 2. The maximum Gasteiger partial charge on any atom is 0.242 e. The van der Waals surface area contributed by atoms with Gasteiger partial charge in [0.05, 0.1) is 10.4 Å². The van der Waals surface area contributed by atoms with Crippen molar-refractivity contribution in [3.63, 3.8) is 0 Å². The van der Waals surface area contributed by atoms with Crippen molar-refractivity contribution in [2.45, 2.75) is 44.6 Å². The van der Waals surface area contributed by atoms with Gasteiger partial charge in [0.25, 0.3) is 0 Å². The monoisotopic (exact) mass is 269 g/mol. The highest BCUT2D eigenvalue weighted by molar-refractivity contribution is 7.80. The molecule has 1 aliphatic carbocycles. The fourth-order valence-electron chi connectivity index (χ4n) is 2.77. The maximum atomic E-state index is 12.4. The minimum absolute atomic E-state index is 0.106. The Balaban J connectivity index is 2.05. The lowest BCUT2D eigenvalue weighted by atomic mass is 9.84. The van der Waals surface area contributed by atoms with Gasteiger partial charge in [-0.25, -0.2) is 0 Å². The van der Waals surface area contributed by atoms with Crippen molar-refractivity contribution in [1.82, 2.24) is 10.6 Å². The van der Waals surface area contributed by atoms with E-state index in [0.717, 1.165) is 19.3 Å². The van der Waals surface area contributed by atoms with Gasteiger partial charge in [0.1, 0.15) is 6.04 Å². The number of carbonyl (C=O) groups excluding carboxylic acids is 2. The van der Waals surface area contributed by atoms with E-state index in [0.29, 0.717) is 25.8 Å². The molecule has 1 heterocycles. The van der Waals surface area contributed by atoms with E-state index in [4.69, 9.17) is 18.0 Å². The van der Waals surface area contributed by atoms with Crippen molar-refractivity contribution in [2.75, 3.05) is 6.54 Å². The zero-order chi connectivity index (χ0) is 13.2. The first-order valence-corrected chi connectivity index (χ1v) is 6.86. The Morgan fingerprint density at radius 1 is 1.39 bits per heavy atom. The summed E-state index contributed by atoms with van der Waals surface area (Å²) in [7, 11) is 0. The summed E-state index contributed by atoms with van der Waals surface area (Å²) in [5, 5.41) is 5.57. The Hall–Kier alpha value is -1.17. The summed E-state index contributed by atoms with van der Waals surface area (Å²) < 4.78 is 0. The van der Waals surface area contributed by atoms with E-state index >= 15 is 0 Å². The highest BCUT2D eigenvalue weighted by Gasteiger charge is 2.45. The molecule has 1 unspecified atom stereocenters. The number of piperidine rings is 1. The lowest BCUT2D eigenvalue weighted by Crippen LogP contribution is -2.56. The zero-order valence-electron chi connectivity index (χ0n) is 10.3. The van der Waals surface area contributed by atoms with Gasteiger partial charge in [-0.1, -0.05) is 25.1 Å². The molecule has 2 aliphatic rings. The average Bonchev–Trinajstić information content (AvgIpc) is 2.82. The Labute approximate surface area is 112 Å². The van der Waals surface area contributed by atoms with Gasteiger partial charge in [0.2, 0.25) is 11.8 Å². The molecule has 2 amide bonds. The standard InChI is InChI=1S/C12H19N3O2S/c13-10(18)12(5-1-2-6-12)11(17)15-8-4-3-7-14-9(8)16/h8H,1-7H2,(H2,13,18)(H,14,16)(H,15,17). The summed E-state index contributed by atoms with van der Waals surface area (Å²) in [6.07, 6.45) is 4.88. The molecule has 1 aliphatic heterocycles. The van der Waals surface area contributed by atoms with E-state index in [-0.39, 0.29) is 16.8 Å². The smallest absolute Gasteiger partial charge is 0.242 e. The van der Waals surface area contributed by atoms with Gasteiger partial charge < -0.3 is 16.4 Å². The topological polar surface area (TPSA) is 84.2 Å². The zero-order valence-corrected chi connectivity index (χ0v) is 11.1. The molecule has 1 saturated heterocycles.